The molecule has 2 aliphatic carbocycles. The molecule has 3 aliphatic rings. The summed E-state index contributed by atoms with van der Waals surface area (Å²) in [4.78, 5) is 24.1. The Labute approximate surface area is 117 Å². The highest BCUT2D eigenvalue weighted by Gasteiger charge is 2.62. The Morgan fingerprint density at radius 1 is 1.45 bits per heavy atom. The van der Waals surface area contributed by atoms with Gasteiger partial charge in [0.2, 0.25) is 0 Å². The van der Waals surface area contributed by atoms with Crippen LogP contribution >= 0.6 is 0 Å². The molecule has 0 radical (unpaired) electrons. The highest BCUT2D eigenvalue weighted by atomic mass is 16.6. The summed E-state index contributed by atoms with van der Waals surface area (Å²) in [6.45, 7) is 3.27. The third kappa shape index (κ3) is 1.56. The summed E-state index contributed by atoms with van der Waals surface area (Å²) >= 11 is 0. The number of carbonyl (C=O) groups excluding carboxylic acids is 2. The molecular weight excluding hydrogens is 260 g/mol. The molecule has 5 nitrogen and oxygen atoms in total. The van der Waals surface area contributed by atoms with Crippen molar-refractivity contribution in [3.63, 3.8) is 0 Å². The normalized spacial score (nSPS) is 50.6. The van der Waals surface area contributed by atoms with E-state index >= 15 is 0 Å². The Hall–Kier alpha value is -1.20. The molecule has 0 amide bonds. The molecule has 0 aromatic rings. The number of carbonyl (C=O) groups is 2. The fraction of sp³-hybridized carbons (Fsp3) is 0.733. The molecule has 0 spiro atoms. The molecule has 0 bridgehead atoms. The van der Waals surface area contributed by atoms with Gasteiger partial charge in [0, 0.05) is 11.3 Å². The lowest BCUT2D eigenvalue weighted by atomic mass is 9.68. The Bertz CT molecular complexity index is 498. The van der Waals surface area contributed by atoms with Gasteiger partial charge in [-0.05, 0) is 30.8 Å². The maximum atomic E-state index is 12.2. The van der Waals surface area contributed by atoms with Gasteiger partial charge in [0.15, 0.2) is 11.4 Å². The minimum atomic E-state index is -1.87. The van der Waals surface area contributed by atoms with Crippen molar-refractivity contribution in [2.45, 2.75) is 38.4 Å². The van der Waals surface area contributed by atoms with E-state index in [2.05, 4.69) is 0 Å². The second kappa shape index (κ2) is 4.15. The van der Waals surface area contributed by atoms with Crippen LogP contribution in [0.1, 0.15) is 26.7 Å². The smallest absolute Gasteiger partial charge is 0.341 e. The van der Waals surface area contributed by atoms with E-state index in [9.17, 15) is 19.8 Å². The number of aliphatic hydroxyl groups excluding tert-OH is 1. The molecule has 20 heavy (non-hydrogen) atoms. The zero-order chi connectivity index (χ0) is 14.7. The van der Waals surface area contributed by atoms with Crippen molar-refractivity contribution in [1.29, 1.82) is 0 Å². The van der Waals surface area contributed by atoms with Crippen molar-refractivity contribution < 1.29 is 24.5 Å². The van der Waals surface area contributed by atoms with Gasteiger partial charge in [-0.15, -0.1) is 0 Å². The van der Waals surface area contributed by atoms with Gasteiger partial charge in [0.25, 0.3) is 0 Å². The molecule has 1 aliphatic heterocycles. The number of ketones is 1. The van der Waals surface area contributed by atoms with Crippen LogP contribution in [0.15, 0.2) is 12.2 Å². The molecule has 1 saturated carbocycles. The van der Waals surface area contributed by atoms with E-state index in [1.54, 1.807) is 6.08 Å². The molecule has 1 saturated heterocycles. The van der Waals surface area contributed by atoms with Crippen LogP contribution in [0.25, 0.3) is 0 Å². The summed E-state index contributed by atoms with van der Waals surface area (Å²) in [5.74, 6) is -0.965. The summed E-state index contributed by atoms with van der Waals surface area (Å²) in [6, 6.07) is 0. The molecule has 6 atom stereocenters. The number of ether oxygens (including phenoxy) is 1. The first kappa shape index (κ1) is 13.8. The molecule has 2 N–H and O–H groups in total. The number of allylic oxidation sites excluding steroid dienone is 2. The fourth-order valence-corrected chi connectivity index (χ4v) is 4.26. The molecule has 0 aromatic heterocycles. The van der Waals surface area contributed by atoms with Gasteiger partial charge in [-0.2, -0.15) is 0 Å². The van der Waals surface area contributed by atoms with Gasteiger partial charge in [0.1, 0.15) is 6.10 Å². The Morgan fingerprint density at radius 2 is 2.15 bits per heavy atom. The number of hydrogen-bond donors (Lipinski definition) is 2. The maximum Gasteiger partial charge on any atom is 0.341 e. The molecule has 1 heterocycles. The lowest BCUT2D eigenvalue weighted by Crippen LogP contribution is -2.48. The van der Waals surface area contributed by atoms with Crippen LogP contribution in [0.2, 0.25) is 0 Å². The molecule has 0 aromatic carbocycles. The molecule has 3 rings (SSSR count). The number of hydrogen-bond acceptors (Lipinski definition) is 5. The zero-order valence-corrected chi connectivity index (χ0v) is 11.7. The highest BCUT2D eigenvalue weighted by Crippen LogP contribution is 2.53. The Balaban J connectivity index is 2.02. The number of aliphatic hydroxyl groups is 2. The topological polar surface area (TPSA) is 83.8 Å². The summed E-state index contributed by atoms with van der Waals surface area (Å²) in [5.41, 5.74) is -2.48. The molecule has 0 unspecified atom stereocenters. The van der Waals surface area contributed by atoms with Crippen LogP contribution in [0.3, 0.4) is 0 Å². The molecule has 5 heteroatoms. The van der Waals surface area contributed by atoms with Gasteiger partial charge >= 0.3 is 5.97 Å². The van der Waals surface area contributed by atoms with E-state index in [4.69, 9.17) is 4.74 Å². The van der Waals surface area contributed by atoms with Crippen molar-refractivity contribution in [2.75, 3.05) is 6.61 Å². The largest absolute Gasteiger partial charge is 0.460 e. The van der Waals surface area contributed by atoms with E-state index in [0.717, 1.165) is 0 Å². The summed E-state index contributed by atoms with van der Waals surface area (Å²) < 4.78 is 5.28. The fourth-order valence-electron chi connectivity index (χ4n) is 4.26. The van der Waals surface area contributed by atoms with Crippen molar-refractivity contribution >= 4 is 11.8 Å². The van der Waals surface area contributed by atoms with E-state index in [1.807, 2.05) is 19.9 Å². The van der Waals surface area contributed by atoms with E-state index in [1.165, 1.54) is 0 Å². The molecule has 110 valence electrons. The molecular formula is C15H20O5. The number of fused-ring (bicyclic) bond motifs is 2. The van der Waals surface area contributed by atoms with Crippen LogP contribution in [0.4, 0.5) is 0 Å². The van der Waals surface area contributed by atoms with Crippen molar-refractivity contribution in [2.24, 2.45) is 23.2 Å². The van der Waals surface area contributed by atoms with Crippen molar-refractivity contribution in [3.05, 3.63) is 12.2 Å². The predicted octanol–water partition coefficient (Wildman–Crippen LogP) is 0.443. The van der Waals surface area contributed by atoms with Crippen LogP contribution in [0.5, 0.6) is 0 Å². The lowest BCUT2D eigenvalue weighted by Gasteiger charge is -2.34. The zero-order valence-electron chi connectivity index (χ0n) is 11.7. The second-order valence-corrected chi connectivity index (χ2v) is 6.72. The molecule has 2 fully saturated rings. The number of rotatable bonds is 1. The lowest BCUT2D eigenvalue weighted by molar-refractivity contribution is -0.160. The van der Waals surface area contributed by atoms with Gasteiger partial charge in [0.05, 0.1) is 6.61 Å². The third-order valence-corrected chi connectivity index (χ3v) is 5.53. The van der Waals surface area contributed by atoms with Crippen molar-refractivity contribution in [3.8, 4) is 0 Å². The summed E-state index contributed by atoms with van der Waals surface area (Å²) in [6.07, 6.45) is 4.10. The average Bonchev–Trinajstić information content (AvgIpc) is 2.76. The van der Waals surface area contributed by atoms with Crippen LogP contribution in [0, 0.1) is 23.2 Å². The average molecular weight is 280 g/mol. The minimum Gasteiger partial charge on any atom is -0.460 e. The third-order valence-electron chi connectivity index (χ3n) is 5.53. The number of esters is 1. The van der Waals surface area contributed by atoms with Gasteiger partial charge in [-0.1, -0.05) is 19.9 Å². The van der Waals surface area contributed by atoms with Crippen LogP contribution in [-0.4, -0.2) is 40.3 Å². The summed E-state index contributed by atoms with van der Waals surface area (Å²) in [5, 5.41) is 19.9. The highest BCUT2D eigenvalue weighted by molar-refractivity contribution is 5.97. The maximum absolute atomic E-state index is 12.2. The second-order valence-electron chi connectivity index (χ2n) is 6.72. The first-order valence-electron chi connectivity index (χ1n) is 7.10. The van der Waals surface area contributed by atoms with E-state index < -0.39 is 35.6 Å². The standard InChI is InChI=1S/C15H20O5/c1-8-5-11-10(15(19,7-16)13(18)20-11)6-14(2)9(8)3-4-12(14)17/h3-4,8-11,16,19H,5-7H2,1-2H3/t8-,9-,10+,11-,14+,15+/m1/s1. The first-order chi connectivity index (χ1) is 9.33. The van der Waals surface area contributed by atoms with Gasteiger partial charge < -0.3 is 14.9 Å². The summed E-state index contributed by atoms with van der Waals surface area (Å²) in [7, 11) is 0. The Kier molecular flexibility index (Phi) is 2.86. The minimum absolute atomic E-state index is 0.0367. The monoisotopic (exact) mass is 280 g/mol. The van der Waals surface area contributed by atoms with Gasteiger partial charge in [-0.3, -0.25) is 4.79 Å². The van der Waals surface area contributed by atoms with Crippen LogP contribution in [-0.2, 0) is 14.3 Å². The van der Waals surface area contributed by atoms with E-state index in [-0.39, 0.29) is 17.6 Å². The first-order valence-corrected chi connectivity index (χ1v) is 7.10. The SMILES string of the molecule is C[C@@H]1C[C@H]2OC(=O)[C@](O)(CO)[C@H]2C[C@]2(C)C(=O)C=C[C@H]12. The van der Waals surface area contributed by atoms with Crippen molar-refractivity contribution in [1.82, 2.24) is 0 Å². The quantitative estimate of drug-likeness (QED) is 0.681. The predicted molar refractivity (Wildman–Crippen MR) is 69.5 cm³/mol. The van der Waals surface area contributed by atoms with Gasteiger partial charge in [-0.25, -0.2) is 4.79 Å². The van der Waals surface area contributed by atoms with E-state index in [0.29, 0.717) is 12.8 Å². The van der Waals surface area contributed by atoms with Crippen LogP contribution < -0.4 is 0 Å². The Morgan fingerprint density at radius 3 is 2.80 bits per heavy atom.